The van der Waals surface area contributed by atoms with Crippen molar-refractivity contribution < 1.29 is 14.3 Å². The number of methoxy groups -OCH3 is 1. The molecule has 118 valence electrons. The summed E-state index contributed by atoms with van der Waals surface area (Å²) in [4.78, 5) is 25.4. The van der Waals surface area contributed by atoms with Gasteiger partial charge in [0.1, 0.15) is 6.54 Å². The number of amides is 1. The van der Waals surface area contributed by atoms with Crippen LogP contribution in [0.2, 0.25) is 0 Å². The summed E-state index contributed by atoms with van der Waals surface area (Å²) < 4.78 is 4.67. The van der Waals surface area contributed by atoms with Gasteiger partial charge in [0.2, 0.25) is 5.91 Å². The number of hydrogen-bond donors (Lipinski definition) is 0. The number of esters is 1. The molecule has 0 saturated heterocycles. The van der Waals surface area contributed by atoms with E-state index in [9.17, 15) is 9.59 Å². The van der Waals surface area contributed by atoms with Crippen LogP contribution in [0.15, 0.2) is 66.7 Å². The molecular weight excluding hydrogens is 290 g/mol. The first-order chi connectivity index (χ1) is 11.2. The summed E-state index contributed by atoms with van der Waals surface area (Å²) in [5.41, 5.74) is 1.89. The molecule has 0 unspecified atom stereocenters. The summed E-state index contributed by atoms with van der Waals surface area (Å²) >= 11 is 0. The van der Waals surface area contributed by atoms with Gasteiger partial charge in [-0.2, -0.15) is 0 Å². The lowest BCUT2D eigenvalue weighted by Gasteiger charge is -2.20. The molecule has 2 rings (SSSR count). The van der Waals surface area contributed by atoms with E-state index in [-0.39, 0.29) is 12.5 Å². The molecule has 0 N–H and O–H groups in total. The van der Waals surface area contributed by atoms with Gasteiger partial charge in [-0.3, -0.25) is 9.59 Å². The fourth-order valence-corrected chi connectivity index (χ4v) is 2.07. The quantitative estimate of drug-likeness (QED) is 0.609. The third-order valence-corrected chi connectivity index (χ3v) is 3.29. The monoisotopic (exact) mass is 309 g/mol. The lowest BCUT2D eigenvalue weighted by atomic mass is 10.2. The Bertz CT molecular complexity index is 666. The number of carbonyl (C=O) groups is 2. The highest BCUT2D eigenvalue weighted by atomic mass is 16.5. The van der Waals surface area contributed by atoms with Gasteiger partial charge in [-0.05, 0) is 17.2 Å². The van der Waals surface area contributed by atoms with Crippen LogP contribution in [0.25, 0.3) is 6.08 Å². The molecule has 0 aliphatic carbocycles. The molecule has 2 aromatic carbocycles. The first-order valence-electron chi connectivity index (χ1n) is 7.32. The number of carbonyl (C=O) groups excluding carboxylic acids is 2. The Hall–Kier alpha value is -2.88. The Morgan fingerprint density at radius 3 is 2.22 bits per heavy atom. The standard InChI is InChI=1S/C19H19NO3/c1-23-19(22)15-20(14-17-10-6-3-7-11-17)18(21)13-12-16-8-4-2-5-9-16/h2-13H,14-15H2,1H3/b13-12+. The number of benzene rings is 2. The zero-order chi connectivity index (χ0) is 16.5. The van der Waals surface area contributed by atoms with Gasteiger partial charge in [-0.25, -0.2) is 0 Å². The van der Waals surface area contributed by atoms with E-state index in [2.05, 4.69) is 4.74 Å². The van der Waals surface area contributed by atoms with Crippen molar-refractivity contribution in [3.05, 3.63) is 77.9 Å². The second-order valence-electron chi connectivity index (χ2n) is 5.00. The number of hydrogen-bond acceptors (Lipinski definition) is 3. The Kier molecular flexibility index (Phi) is 6.12. The highest BCUT2D eigenvalue weighted by molar-refractivity contribution is 5.93. The summed E-state index contributed by atoms with van der Waals surface area (Å²) in [6.07, 6.45) is 3.21. The van der Waals surface area contributed by atoms with Crippen molar-refractivity contribution in [2.45, 2.75) is 6.54 Å². The zero-order valence-electron chi connectivity index (χ0n) is 13.0. The molecule has 0 atom stereocenters. The molecule has 0 saturated carbocycles. The summed E-state index contributed by atoms with van der Waals surface area (Å²) in [5.74, 6) is -0.675. The molecule has 23 heavy (non-hydrogen) atoms. The smallest absolute Gasteiger partial charge is 0.325 e. The maximum atomic E-state index is 12.4. The van der Waals surface area contributed by atoms with E-state index in [4.69, 9.17) is 0 Å². The van der Waals surface area contributed by atoms with Crippen molar-refractivity contribution in [2.24, 2.45) is 0 Å². The van der Waals surface area contributed by atoms with Crippen molar-refractivity contribution in [3.8, 4) is 0 Å². The van der Waals surface area contributed by atoms with Crippen LogP contribution < -0.4 is 0 Å². The van der Waals surface area contributed by atoms with Crippen molar-refractivity contribution in [2.75, 3.05) is 13.7 Å². The second kappa shape index (κ2) is 8.54. The lowest BCUT2D eigenvalue weighted by Crippen LogP contribution is -2.34. The summed E-state index contributed by atoms with van der Waals surface area (Å²) in [6.45, 7) is 0.275. The molecule has 0 aliphatic rings. The van der Waals surface area contributed by atoms with Crippen molar-refractivity contribution in [1.82, 2.24) is 4.90 Å². The fourth-order valence-electron chi connectivity index (χ4n) is 2.07. The van der Waals surface area contributed by atoms with Gasteiger partial charge in [0.05, 0.1) is 7.11 Å². The SMILES string of the molecule is COC(=O)CN(Cc1ccccc1)C(=O)/C=C/c1ccccc1. The third-order valence-electron chi connectivity index (χ3n) is 3.29. The van der Waals surface area contributed by atoms with Gasteiger partial charge in [-0.1, -0.05) is 60.7 Å². The van der Waals surface area contributed by atoms with Crippen LogP contribution in [0.5, 0.6) is 0 Å². The van der Waals surface area contributed by atoms with E-state index >= 15 is 0 Å². The average molecular weight is 309 g/mol. The second-order valence-corrected chi connectivity index (χ2v) is 5.00. The minimum absolute atomic E-state index is 0.0800. The third kappa shape index (κ3) is 5.43. The van der Waals surface area contributed by atoms with E-state index < -0.39 is 5.97 Å². The maximum Gasteiger partial charge on any atom is 0.325 e. The van der Waals surface area contributed by atoms with E-state index in [0.717, 1.165) is 11.1 Å². The van der Waals surface area contributed by atoms with Crippen LogP contribution >= 0.6 is 0 Å². The molecule has 2 aromatic rings. The minimum Gasteiger partial charge on any atom is -0.468 e. The van der Waals surface area contributed by atoms with E-state index in [1.54, 1.807) is 6.08 Å². The van der Waals surface area contributed by atoms with Crippen LogP contribution in [-0.2, 0) is 20.9 Å². The Morgan fingerprint density at radius 1 is 1.00 bits per heavy atom. The first kappa shape index (κ1) is 16.5. The summed E-state index contributed by atoms with van der Waals surface area (Å²) in [7, 11) is 1.31. The molecule has 0 aliphatic heterocycles. The lowest BCUT2D eigenvalue weighted by molar-refractivity contribution is -0.145. The minimum atomic E-state index is -0.442. The Balaban J connectivity index is 2.10. The van der Waals surface area contributed by atoms with Gasteiger partial charge in [0.25, 0.3) is 0 Å². The number of rotatable bonds is 6. The molecule has 0 fully saturated rings. The molecule has 0 bridgehead atoms. The van der Waals surface area contributed by atoms with Crippen molar-refractivity contribution in [3.63, 3.8) is 0 Å². The molecule has 0 spiro atoms. The van der Waals surface area contributed by atoms with Gasteiger partial charge in [0.15, 0.2) is 0 Å². The molecule has 0 heterocycles. The van der Waals surface area contributed by atoms with Crippen LogP contribution in [0, 0.1) is 0 Å². The highest BCUT2D eigenvalue weighted by Gasteiger charge is 2.15. The zero-order valence-corrected chi connectivity index (χ0v) is 13.0. The topological polar surface area (TPSA) is 46.6 Å². The summed E-state index contributed by atoms with van der Waals surface area (Å²) in [5, 5.41) is 0. The van der Waals surface area contributed by atoms with Crippen LogP contribution in [0.4, 0.5) is 0 Å². The van der Waals surface area contributed by atoms with Gasteiger partial charge in [-0.15, -0.1) is 0 Å². The first-order valence-corrected chi connectivity index (χ1v) is 7.32. The molecule has 0 aromatic heterocycles. The van der Waals surface area contributed by atoms with E-state index in [0.29, 0.717) is 6.54 Å². The molecule has 4 heteroatoms. The van der Waals surface area contributed by atoms with Crippen molar-refractivity contribution in [1.29, 1.82) is 0 Å². The number of nitrogens with zero attached hydrogens (tertiary/aromatic N) is 1. The van der Waals surface area contributed by atoms with Crippen LogP contribution in [0.3, 0.4) is 0 Å². The molecule has 4 nitrogen and oxygen atoms in total. The Labute approximate surface area is 136 Å². The van der Waals surface area contributed by atoms with E-state index in [1.165, 1.54) is 18.1 Å². The predicted molar refractivity (Wildman–Crippen MR) is 89.4 cm³/mol. The van der Waals surface area contributed by atoms with Gasteiger partial charge < -0.3 is 9.64 Å². The van der Waals surface area contributed by atoms with Crippen LogP contribution in [0.1, 0.15) is 11.1 Å². The predicted octanol–water partition coefficient (Wildman–Crippen LogP) is 2.90. The maximum absolute atomic E-state index is 12.4. The van der Waals surface area contributed by atoms with Gasteiger partial charge >= 0.3 is 5.97 Å². The highest BCUT2D eigenvalue weighted by Crippen LogP contribution is 2.07. The largest absolute Gasteiger partial charge is 0.468 e. The van der Waals surface area contributed by atoms with Crippen LogP contribution in [-0.4, -0.2) is 30.4 Å². The number of ether oxygens (including phenoxy) is 1. The van der Waals surface area contributed by atoms with Crippen molar-refractivity contribution >= 4 is 18.0 Å². The molecule has 0 radical (unpaired) electrons. The Morgan fingerprint density at radius 2 is 1.61 bits per heavy atom. The normalized spacial score (nSPS) is 10.5. The summed E-state index contributed by atoms with van der Waals surface area (Å²) in [6, 6.07) is 19.1. The average Bonchev–Trinajstić information content (AvgIpc) is 2.60. The van der Waals surface area contributed by atoms with Gasteiger partial charge in [0, 0.05) is 12.6 Å². The fraction of sp³-hybridized carbons (Fsp3) is 0.158. The van der Waals surface area contributed by atoms with E-state index in [1.807, 2.05) is 60.7 Å². The molecule has 1 amide bonds. The molecular formula is C19H19NO3.